The Morgan fingerprint density at radius 2 is 1.94 bits per heavy atom. The fourth-order valence-corrected chi connectivity index (χ4v) is 3.30. The molecule has 1 aromatic carbocycles. The molecule has 0 spiro atoms. The Kier molecular flexibility index (Phi) is 3.41. The summed E-state index contributed by atoms with van der Waals surface area (Å²) in [7, 11) is -3.64. The summed E-state index contributed by atoms with van der Waals surface area (Å²) in [5, 5.41) is 0. The van der Waals surface area contributed by atoms with Crippen LogP contribution in [0.3, 0.4) is 0 Å². The van der Waals surface area contributed by atoms with Crippen molar-refractivity contribution in [2.24, 2.45) is 0 Å². The van der Waals surface area contributed by atoms with Crippen LogP contribution in [0.25, 0.3) is 0 Å². The normalized spacial score (nSPS) is 16.3. The van der Waals surface area contributed by atoms with Crippen LogP contribution in [0.5, 0.6) is 0 Å². The van der Waals surface area contributed by atoms with Crippen molar-refractivity contribution < 1.29 is 12.8 Å². The van der Waals surface area contributed by atoms with E-state index in [0.717, 1.165) is 6.07 Å². The lowest BCUT2D eigenvalue weighted by Gasteiger charge is -2.13. The Labute approximate surface area is 106 Å². The molecule has 1 aromatic rings. The Morgan fingerprint density at radius 3 is 2.50 bits per heavy atom. The second-order valence-electron chi connectivity index (χ2n) is 4.40. The van der Waals surface area contributed by atoms with Crippen molar-refractivity contribution in [2.45, 2.75) is 30.7 Å². The molecule has 0 heterocycles. The summed E-state index contributed by atoms with van der Waals surface area (Å²) >= 11 is 0. The minimum absolute atomic E-state index is 0.00537. The highest BCUT2D eigenvalue weighted by molar-refractivity contribution is 7.89. The maximum atomic E-state index is 13.4. The van der Waals surface area contributed by atoms with Gasteiger partial charge in [0.25, 0.3) is 0 Å². The molecule has 0 amide bonds. The monoisotopic (exact) mass is 270 g/mol. The van der Waals surface area contributed by atoms with E-state index in [1.165, 1.54) is 13.0 Å². The quantitative estimate of drug-likeness (QED) is 0.649. The van der Waals surface area contributed by atoms with Gasteiger partial charge in [0, 0.05) is 6.04 Å². The number of hydrogen-bond donors (Lipinski definition) is 2. The average molecular weight is 270 g/mol. The number of halogens is 1. The molecule has 18 heavy (non-hydrogen) atoms. The Bertz CT molecular complexity index is 565. The number of aryl methyl sites for hydroxylation is 1. The minimum atomic E-state index is -3.64. The molecule has 0 fully saturated rings. The summed E-state index contributed by atoms with van der Waals surface area (Å²) in [6, 6.07) is 2.31. The lowest BCUT2D eigenvalue weighted by Crippen LogP contribution is -2.33. The maximum absolute atomic E-state index is 13.4. The maximum Gasteiger partial charge on any atom is 0.240 e. The van der Waals surface area contributed by atoms with Crippen molar-refractivity contribution in [3.05, 3.63) is 35.7 Å². The van der Waals surface area contributed by atoms with Gasteiger partial charge in [-0.05, 0) is 37.5 Å². The molecule has 0 aromatic heterocycles. The molecular formula is C12H15FN2O2S. The van der Waals surface area contributed by atoms with Gasteiger partial charge in [-0.2, -0.15) is 0 Å². The lowest BCUT2D eigenvalue weighted by atomic mass is 10.2. The molecule has 0 saturated carbocycles. The highest BCUT2D eigenvalue weighted by atomic mass is 32.2. The largest absolute Gasteiger partial charge is 0.396 e. The minimum Gasteiger partial charge on any atom is -0.396 e. The first kappa shape index (κ1) is 13.0. The van der Waals surface area contributed by atoms with Gasteiger partial charge in [-0.25, -0.2) is 17.5 Å². The third kappa shape index (κ3) is 2.54. The zero-order chi connectivity index (χ0) is 13.3. The summed E-state index contributed by atoms with van der Waals surface area (Å²) in [5.41, 5.74) is 5.52. The van der Waals surface area contributed by atoms with Crippen molar-refractivity contribution in [3.63, 3.8) is 0 Å². The fraction of sp³-hybridized carbons (Fsp3) is 0.333. The number of nitrogens with two attached hydrogens (primary N) is 1. The second-order valence-corrected chi connectivity index (χ2v) is 6.12. The van der Waals surface area contributed by atoms with E-state index < -0.39 is 15.8 Å². The van der Waals surface area contributed by atoms with Crippen molar-refractivity contribution >= 4 is 15.7 Å². The van der Waals surface area contributed by atoms with Gasteiger partial charge in [0.1, 0.15) is 5.82 Å². The Morgan fingerprint density at radius 1 is 1.33 bits per heavy atom. The number of benzene rings is 1. The van der Waals surface area contributed by atoms with Gasteiger partial charge in [0.2, 0.25) is 10.0 Å². The van der Waals surface area contributed by atoms with Crippen molar-refractivity contribution in [1.29, 1.82) is 0 Å². The molecule has 1 aliphatic carbocycles. The standard InChI is InChI=1S/C12H15FN2O2S/c1-8-6-10(7-11(14)12(8)13)18(16,17)15-9-4-2-3-5-9/h2-3,6-7,9,15H,4-5,14H2,1H3. The summed E-state index contributed by atoms with van der Waals surface area (Å²) < 4.78 is 40.1. The third-order valence-electron chi connectivity index (χ3n) is 2.90. The van der Waals surface area contributed by atoms with Gasteiger partial charge >= 0.3 is 0 Å². The number of sulfonamides is 1. The van der Waals surface area contributed by atoms with Crippen LogP contribution in [0.15, 0.2) is 29.2 Å². The average Bonchev–Trinajstić information content (AvgIpc) is 2.77. The summed E-state index contributed by atoms with van der Waals surface area (Å²) in [6.45, 7) is 1.49. The molecule has 0 unspecified atom stereocenters. The fourth-order valence-electron chi connectivity index (χ4n) is 1.92. The van der Waals surface area contributed by atoms with Gasteiger partial charge in [-0.3, -0.25) is 0 Å². The molecule has 0 saturated heterocycles. The highest BCUT2D eigenvalue weighted by Crippen LogP contribution is 2.22. The molecule has 1 aliphatic rings. The van der Waals surface area contributed by atoms with E-state index in [-0.39, 0.29) is 22.2 Å². The van der Waals surface area contributed by atoms with Crippen molar-refractivity contribution in [3.8, 4) is 0 Å². The molecule has 4 nitrogen and oxygen atoms in total. The van der Waals surface area contributed by atoms with E-state index in [1.807, 2.05) is 12.2 Å². The molecule has 6 heteroatoms. The van der Waals surface area contributed by atoms with Crippen LogP contribution < -0.4 is 10.5 Å². The van der Waals surface area contributed by atoms with Crippen molar-refractivity contribution in [1.82, 2.24) is 4.72 Å². The van der Waals surface area contributed by atoms with Crippen LogP contribution in [0.4, 0.5) is 10.1 Å². The summed E-state index contributed by atoms with van der Waals surface area (Å²) in [6.07, 6.45) is 5.21. The van der Waals surface area contributed by atoms with Gasteiger partial charge < -0.3 is 5.73 Å². The van der Waals surface area contributed by atoms with E-state index in [2.05, 4.69) is 4.72 Å². The smallest absolute Gasteiger partial charge is 0.240 e. The topological polar surface area (TPSA) is 72.2 Å². The van der Waals surface area contributed by atoms with E-state index in [4.69, 9.17) is 5.73 Å². The molecule has 3 N–H and O–H groups in total. The molecule has 2 rings (SSSR count). The Hall–Kier alpha value is -1.40. The van der Waals surface area contributed by atoms with E-state index in [9.17, 15) is 12.8 Å². The second kappa shape index (κ2) is 4.70. The van der Waals surface area contributed by atoms with E-state index in [1.54, 1.807) is 0 Å². The predicted octanol–water partition coefficient (Wildman–Crippen LogP) is 1.71. The van der Waals surface area contributed by atoms with Crippen LogP contribution in [0, 0.1) is 12.7 Å². The molecule has 0 aliphatic heterocycles. The molecular weight excluding hydrogens is 255 g/mol. The number of nitrogen functional groups attached to an aromatic ring is 1. The van der Waals surface area contributed by atoms with Crippen LogP contribution in [0.2, 0.25) is 0 Å². The van der Waals surface area contributed by atoms with Crippen LogP contribution in [0.1, 0.15) is 18.4 Å². The van der Waals surface area contributed by atoms with Gasteiger partial charge in [-0.15, -0.1) is 0 Å². The highest BCUT2D eigenvalue weighted by Gasteiger charge is 2.22. The van der Waals surface area contributed by atoms with E-state index in [0.29, 0.717) is 12.8 Å². The van der Waals surface area contributed by atoms with Crippen LogP contribution in [-0.2, 0) is 10.0 Å². The van der Waals surface area contributed by atoms with E-state index >= 15 is 0 Å². The van der Waals surface area contributed by atoms with Gasteiger partial charge in [0.15, 0.2) is 0 Å². The molecule has 0 bridgehead atoms. The molecule has 98 valence electrons. The molecule has 0 atom stereocenters. The van der Waals surface area contributed by atoms with Gasteiger partial charge in [0.05, 0.1) is 10.6 Å². The number of hydrogen-bond acceptors (Lipinski definition) is 3. The molecule has 0 radical (unpaired) electrons. The number of anilines is 1. The van der Waals surface area contributed by atoms with Crippen LogP contribution >= 0.6 is 0 Å². The zero-order valence-electron chi connectivity index (χ0n) is 9.98. The first-order valence-electron chi connectivity index (χ1n) is 5.63. The Balaban J connectivity index is 2.29. The first-order valence-corrected chi connectivity index (χ1v) is 7.11. The summed E-state index contributed by atoms with van der Waals surface area (Å²) in [5.74, 6) is -0.573. The first-order chi connectivity index (χ1) is 8.40. The number of nitrogens with one attached hydrogen (secondary N) is 1. The SMILES string of the molecule is Cc1cc(S(=O)(=O)NC2CC=CC2)cc(N)c1F. The zero-order valence-corrected chi connectivity index (χ0v) is 10.8. The third-order valence-corrected chi connectivity index (χ3v) is 4.40. The van der Waals surface area contributed by atoms with Gasteiger partial charge in [-0.1, -0.05) is 12.2 Å². The summed E-state index contributed by atoms with van der Waals surface area (Å²) in [4.78, 5) is 0.00537. The number of rotatable bonds is 3. The van der Waals surface area contributed by atoms with Crippen molar-refractivity contribution in [2.75, 3.05) is 5.73 Å². The predicted molar refractivity (Wildman–Crippen MR) is 68.0 cm³/mol. The van der Waals surface area contributed by atoms with Crippen LogP contribution in [-0.4, -0.2) is 14.5 Å². The lowest BCUT2D eigenvalue weighted by molar-refractivity contribution is 0.557.